The van der Waals surface area contributed by atoms with Gasteiger partial charge < -0.3 is 19.8 Å². The molecule has 0 radical (unpaired) electrons. The first-order valence-electron chi connectivity index (χ1n) is 7.63. The highest BCUT2D eigenvalue weighted by atomic mass is 16.5. The Hall–Kier alpha value is -1.10. The summed E-state index contributed by atoms with van der Waals surface area (Å²) in [5, 5.41) is 20.6. The number of ether oxygens (including phenoxy) is 1. The van der Waals surface area contributed by atoms with Crippen LogP contribution in [0.3, 0.4) is 0 Å². The molecule has 1 aliphatic rings. The number of rotatable bonds is 5. The van der Waals surface area contributed by atoms with Crippen LogP contribution in [-0.2, 0) is 4.74 Å². The third-order valence-electron chi connectivity index (χ3n) is 4.62. The molecule has 1 atom stereocenters. The molecule has 2 rings (SSSR count). The van der Waals surface area contributed by atoms with Crippen molar-refractivity contribution < 1.29 is 14.9 Å². The highest BCUT2D eigenvalue weighted by Crippen LogP contribution is 2.41. The van der Waals surface area contributed by atoms with Crippen molar-refractivity contribution in [3.8, 4) is 5.75 Å². The first-order valence-corrected chi connectivity index (χ1v) is 7.63. The summed E-state index contributed by atoms with van der Waals surface area (Å²) in [6.45, 7) is 0.791. The molecule has 4 nitrogen and oxygen atoms in total. The van der Waals surface area contributed by atoms with Crippen molar-refractivity contribution in [1.82, 2.24) is 4.90 Å². The summed E-state index contributed by atoms with van der Waals surface area (Å²) in [5.74, 6) is 0.309. The Morgan fingerprint density at radius 1 is 1.24 bits per heavy atom. The molecule has 0 heterocycles. The number of aliphatic hydroxyl groups is 1. The van der Waals surface area contributed by atoms with Crippen LogP contribution >= 0.6 is 0 Å². The zero-order valence-electron chi connectivity index (χ0n) is 13.2. The van der Waals surface area contributed by atoms with Crippen molar-refractivity contribution in [2.45, 2.75) is 43.3 Å². The van der Waals surface area contributed by atoms with E-state index < -0.39 is 5.60 Å². The fourth-order valence-corrected chi connectivity index (χ4v) is 3.33. The Morgan fingerprint density at radius 2 is 1.81 bits per heavy atom. The van der Waals surface area contributed by atoms with Gasteiger partial charge in [-0.05, 0) is 57.5 Å². The second-order valence-electron chi connectivity index (χ2n) is 6.44. The van der Waals surface area contributed by atoms with Gasteiger partial charge in [0, 0.05) is 19.6 Å². The summed E-state index contributed by atoms with van der Waals surface area (Å²) in [4.78, 5) is 2.11. The fourth-order valence-electron chi connectivity index (χ4n) is 3.33. The van der Waals surface area contributed by atoms with E-state index in [0.717, 1.165) is 37.8 Å². The highest BCUT2D eigenvalue weighted by Gasteiger charge is 2.41. The first kappa shape index (κ1) is 16.3. The van der Waals surface area contributed by atoms with Crippen molar-refractivity contribution >= 4 is 0 Å². The van der Waals surface area contributed by atoms with Crippen LogP contribution in [0.25, 0.3) is 0 Å². The smallest absolute Gasteiger partial charge is 0.115 e. The Balaban J connectivity index is 2.21. The minimum atomic E-state index is -0.698. The van der Waals surface area contributed by atoms with Crippen LogP contribution in [-0.4, -0.2) is 54.6 Å². The van der Waals surface area contributed by atoms with Gasteiger partial charge in [-0.15, -0.1) is 0 Å². The van der Waals surface area contributed by atoms with E-state index in [9.17, 15) is 10.2 Å². The first-order chi connectivity index (χ1) is 9.94. The van der Waals surface area contributed by atoms with Crippen LogP contribution in [0.4, 0.5) is 0 Å². The Labute approximate surface area is 127 Å². The highest BCUT2D eigenvalue weighted by molar-refractivity contribution is 5.30. The van der Waals surface area contributed by atoms with E-state index in [1.165, 1.54) is 0 Å². The summed E-state index contributed by atoms with van der Waals surface area (Å²) >= 11 is 0. The predicted octanol–water partition coefficient (Wildman–Crippen LogP) is 2.36. The summed E-state index contributed by atoms with van der Waals surface area (Å²) in [5.41, 5.74) is 0.385. The van der Waals surface area contributed by atoms with Crippen molar-refractivity contribution in [3.63, 3.8) is 0 Å². The molecule has 2 N–H and O–H groups in total. The van der Waals surface area contributed by atoms with E-state index >= 15 is 0 Å². The molecule has 118 valence electrons. The normalized spacial score (nSPS) is 27.8. The molecular weight excluding hydrogens is 266 g/mol. The Morgan fingerprint density at radius 3 is 2.29 bits per heavy atom. The number of phenolic OH excluding ortho intramolecular Hbond substituents is 1. The van der Waals surface area contributed by atoms with Gasteiger partial charge in [0.1, 0.15) is 5.75 Å². The average Bonchev–Trinajstić information content (AvgIpc) is 2.46. The summed E-state index contributed by atoms with van der Waals surface area (Å²) < 4.78 is 5.41. The molecule has 1 aromatic carbocycles. The van der Waals surface area contributed by atoms with Gasteiger partial charge in [0.15, 0.2) is 0 Å². The number of likely N-dealkylation sites (N-methyl/N-ethyl adjacent to an activating group) is 1. The van der Waals surface area contributed by atoms with Gasteiger partial charge >= 0.3 is 0 Å². The van der Waals surface area contributed by atoms with E-state index in [2.05, 4.69) is 4.90 Å². The standard InChI is InChI=1S/C17H27NO3/c1-18(2)12-16(13-4-6-14(19)7-5-13)17(20)10-8-15(21-3)9-11-17/h4-7,15-16,19-20H,8-12H2,1-3H3/t15-,16?,17+. The lowest BCUT2D eigenvalue weighted by molar-refractivity contribution is -0.0641. The molecule has 0 amide bonds. The van der Waals surface area contributed by atoms with E-state index in [4.69, 9.17) is 4.74 Å². The lowest BCUT2D eigenvalue weighted by Gasteiger charge is -2.42. The van der Waals surface area contributed by atoms with Gasteiger partial charge in [-0.1, -0.05) is 12.1 Å². The number of phenols is 1. The van der Waals surface area contributed by atoms with Gasteiger partial charge in [0.2, 0.25) is 0 Å². The number of benzene rings is 1. The fraction of sp³-hybridized carbons (Fsp3) is 0.647. The number of methoxy groups -OCH3 is 1. The maximum atomic E-state index is 11.2. The van der Waals surface area contributed by atoms with Crippen molar-refractivity contribution in [1.29, 1.82) is 0 Å². The largest absolute Gasteiger partial charge is 0.508 e. The molecule has 1 fully saturated rings. The topological polar surface area (TPSA) is 52.9 Å². The van der Waals surface area contributed by atoms with Gasteiger partial charge in [0.25, 0.3) is 0 Å². The maximum Gasteiger partial charge on any atom is 0.115 e. The van der Waals surface area contributed by atoms with Gasteiger partial charge in [-0.3, -0.25) is 0 Å². The minimum Gasteiger partial charge on any atom is -0.508 e. The number of aromatic hydroxyl groups is 1. The summed E-state index contributed by atoms with van der Waals surface area (Å²) in [6.07, 6.45) is 3.57. The molecule has 1 saturated carbocycles. The molecule has 1 aliphatic carbocycles. The zero-order valence-corrected chi connectivity index (χ0v) is 13.2. The lowest BCUT2D eigenvalue weighted by Crippen LogP contribution is -2.45. The average molecular weight is 293 g/mol. The molecule has 0 bridgehead atoms. The van der Waals surface area contributed by atoms with E-state index in [-0.39, 0.29) is 17.8 Å². The van der Waals surface area contributed by atoms with Gasteiger partial charge in [-0.25, -0.2) is 0 Å². The monoisotopic (exact) mass is 293 g/mol. The second-order valence-corrected chi connectivity index (χ2v) is 6.44. The molecule has 1 aromatic rings. The van der Waals surface area contributed by atoms with Crippen molar-refractivity contribution in [2.75, 3.05) is 27.7 Å². The van der Waals surface area contributed by atoms with Gasteiger partial charge in [0.05, 0.1) is 11.7 Å². The lowest BCUT2D eigenvalue weighted by atomic mass is 9.72. The zero-order chi connectivity index (χ0) is 15.5. The number of hydrogen-bond acceptors (Lipinski definition) is 4. The van der Waals surface area contributed by atoms with Crippen LogP contribution < -0.4 is 0 Å². The molecular formula is C17H27NO3. The molecule has 21 heavy (non-hydrogen) atoms. The molecule has 0 aromatic heterocycles. The molecule has 0 aliphatic heterocycles. The van der Waals surface area contributed by atoms with E-state index in [0.29, 0.717) is 0 Å². The van der Waals surface area contributed by atoms with Crippen LogP contribution in [0.15, 0.2) is 24.3 Å². The van der Waals surface area contributed by atoms with Crippen molar-refractivity contribution in [3.05, 3.63) is 29.8 Å². The summed E-state index contributed by atoms with van der Waals surface area (Å²) in [6, 6.07) is 7.23. The van der Waals surface area contributed by atoms with Crippen LogP contribution in [0.1, 0.15) is 37.2 Å². The molecule has 0 spiro atoms. The second kappa shape index (κ2) is 6.77. The Kier molecular flexibility index (Phi) is 5.25. The Bertz CT molecular complexity index is 436. The minimum absolute atomic E-state index is 0.0471. The molecule has 4 heteroatoms. The summed E-state index contributed by atoms with van der Waals surface area (Å²) in [7, 11) is 5.79. The molecule has 1 unspecified atom stereocenters. The molecule has 0 saturated heterocycles. The SMILES string of the molecule is CO[C@H]1CC[C@](O)(C(CN(C)C)c2ccc(O)cc2)CC1. The van der Waals surface area contributed by atoms with Crippen LogP contribution in [0.5, 0.6) is 5.75 Å². The number of nitrogens with zero attached hydrogens (tertiary/aromatic N) is 1. The van der Waals surface area contributed by atoms with Crippen molar-refractivity contribution in [2.24, 2.45) is 0 Å². The number of hydrogen-bond donors (Lipinski definition) is 2. The maximum absolute atomic E-state index is 11.2. The third-order valence-corrected chi connectivity index (χ3v) is 4.62. The van der Waals surface area contributed by atoms with E-state index in [1.807, 2.05) is 26.2 Å². The van der Waals surface area contributed by atoms with Crippen LogP contribution in [0, 0.1) is 0 Å². The van der Waals surface area contributed by atoms with Gasteiger partial charge in [-0.2, -0.15) is 0 Å². The third kappa shape index (κ3) is 3.96. The van der Waals surface area contributed by atoms with E-state index in [1.54, 1.807) is 19.2 Å². The quantitative estimate of drug-likeness (QED) is 0.875. The van der Waals surface area contributed by atoms with Crippen LogP contribution in [0.2, 0.25) is 0 Å². The predicted molar refractivity (Wildman–Crippen MR) is 83.6 cm³/mol.